The van der Waals surface area contributed by atoms with E-state index in [-0.39, 0.29) is 4.90 Å². The van der Waals surface area contributed by atoms with E-state index in [1.54, 1.807) is 0 Å². The number of hydrogen-bond acceptors (Lipinski definition) is 2. The minimum atomic E-state index is -2.00. The third kappa shape index (κ3) is 1.90. The largest absolute Gasteiger partial charge is 0.366 e. The van der Waals surface area contributed by atoms with E-state index >= 15 is 0 Å². The van der Waals surface area contributed by atoms with Crippen molar-refractivity contribution in [1.29, 1.82) is 0 Å². The van der Waals surface area contributed by atoms with Gasteiger partial charge in [-0.05, 0) is 24.3 Å². The Hall–Kier alpha value is -1.20. The number of carbonyl (C=O) groups excluding carboxylic acids is 1. The molecule has 0 spiro atoms. The van der Waals surface area contributed by atoms with Gasteiger partial charge in [0, 0.05) is 5.56 Å². The molecule has 5 heteroatoms. The van der Waals surface area contributed by atoms with E-state index in [4.69, 9.17) is 10.3 Å². The summed E-state index contributed by atoms with van der Waals surface area (Å²) >= 11 is -2.00. The second kappa shape index (κ2) is 3.46. The lowest BCUT2D eigenvalue weighted by Gasteiger charge is -1.96. The molecule has 1 aromatic rings. The van der Waals surface area contributed by atoms with Crippen molar-refractivity contribution in [2.45, 2.75) is 4.90 Å². The number of rotatable bonds is 2. The molecule has 12 heavy (non-hydrogen) atoms. The molecule has 0 saturated carbocycles. The third-order valence-corrected chi connectivity index (χ3v) is 2.02. The molecule has 0 aromatic heterocycles. The highest BCUT2D eigenvalue weighted by Crippen LogP contribution is 2.06. The van der Waals surface area contributed by atoms with Gasteiger partial charge in [0.05, 0.1) is 4.90 Å². The lowest BCUT2D eigenvalue weighted by atomic mass is 10.2. The molecule has 1 unspecified atom stereocenters. The Morgan fingerprint density at radius 2 is 1.83 bits per heavy atom. The fourth-order valence-electron chi connectivity index (χ4n) is 0.736. The highest BCUT2D eigenvalue weighted by molar-refractivity contribution is 7.79. The van der Waals surface area contributed by atoms with Gasteiger partial charge in [-0.3, -0.25) is 4.79 Å². The van der Waals surface area contributed by atoms with Crippen LogP contribution in [0.25, 0.3) is 0 Å². The molecule has 0 radical (unpaired) electrons. The van der Waals surface area contributed by atoms with Crippen LogP contribution in [0.1, 0.15) is 10.4 Å². The van der Waals surface area contributed by atoms with Crippen molar-refractivity contribution in [1.82, 2.24) is 0 Å². The number of benzene rings is 1. The van der Waals surface area contributed by atoms with Crippen LogP contribution in [0.2, 0.25) is 0 Å². The molecule has 0 aliphatic rings. The number of carbonyl (C=O) groups is 1. The van der Waals surface area contributed by atoms with Crippen molar-refractivity contribution in [3.05, 3.63) is 29.8 Å². The summed E-state index contributed by atoms with van der Waals surface area (Å²) < 4.78 is 19.1. The number of primary amides is 1. The monoisotopic (exact) mass is 185 g/mol. The molecule has 3 N–H and O–H groups in total. The Labute approximate surface area is 71.7 Å². The Balaban J connectivity index is 3.01. The van der Waals surface area contributed by atoms with Crippen molar-refractivity contribution in [2.24, 2.45) is 5.73 Å². The average molecular weight is 185 g/mol. The van der Waals surface area contributed by atoms with Crippen molar-refractivity contribution in [3.8, 4) is 0 Å². The van der Waals surface area contributed by atoms with Gasteiger partial charge in [-0.2, -0.15) is 0 Å². The predicted molar refractivity (Wildman–Crippen MR) is 44.0 cm³/mol. The molecule has 1 rings (SSSR count). The summed E-state index contributed by atoms with van der Waals surface area (Å²) in [7, 11) is 0. The first-order valence-corrected chi connectivity index (χ1v) is 4.22. The van der Waals surface area contributed by atoms with Crippen molar-refractivity contribution >= 4 is 17.0 Å². The zero-order chi connectivity index (χ0) is 9.14. The molecule has 1 aromatic carbocycles. The SMILES string of the molecule is NC(=O)c1ccc(S(=O)O)cc1. The maximum atomic E-state index is 10.6. The van der Waals surface area contributed by atoms with E-state index in [0.29, 0.717) is 5.56 Å². The molecular formula is C7H7NO3S. The van der Waals surface area contributed by atoms with E-state index in [1.807, 2.05) is 0 Å². The van der Waals surface area contributed by atoms with Crippen molar-refractivity contribution in [3.63, 3.8) is 0 Å². The standard InChI is InChI=1S/C7H7NO3S/c8-7(9)5-1-3-6(4-2-5)12(10)11/h1-4H,(H2,8,9)(H,10,11). The first-order valence-electron chi connectivity index (χ1n) is 3.12. The van der Waals surface area contributed by atoms with E-state index in [1.165, 1.54) is 24.3 Å². The van der Waals surface area contributed by atoms with E-state index in [0.717, 1.165) is 0 Å². The van der Waals surface area contributed by atoms with Crippen LogP contribution in [-0.2, 0) is 11.1 Å². The van der Waals surface area contributed by atoms with Gasteiger partial charge in [0.25, 0.3) is 0 Å². The molecule has 4 nitrogen and oxygen atoms in total. The molecule has 64 valence electrons. The summed E-state index contributed by atoms with van der Waals surface area (Å²) in [6.45, 7) is 0. The van der Waals surface area contributed by atoms with Crippen LogP contribution in [0, 0.1) is 0 Å². The molecule has 0 bridgehead atoms. The zero-order valence-corrected chi connectivity index (χ0v) is 6.88. The van der Waals surface area contributed by atoms with Gasteiger partial charge in [-0.1, -0.05) is 0 Å². The summed E-state index contributed by atoms with van der Waals surface area (Å²) in [5.41, 5.74) is 5.29. The Morgan fingerprint density at radius 1 is 1.33 bits per heavy atom. The van der Waals surface area contributed by atoms with Crippen LogP contribution in [0.3, 0.4) is 0 Å². The fourth-order valence-corrected chi connectivity index (χ4v) is 1.10. The Kier molecular flexibility index (Phi) is 2.57. The summed E-state index contributed by atoms with van der Waals surface area (Å²) in [6.07, 6.45) is 0. The van der Waals surface area contributed by atoms with Gasteiger partial charge < -0.3 is 10.3 Å². The molecule has 1 atom stereocenters. The maximum absolute atomic E-state index is 10.6. The van der Waals surface area contributed by atoms with Crippen LogP contribution in [0.5, 0.6) is 0 Å². The summed E-state index contributed by atoms with van der Waals surface area (Å²) in [6, 6.07) is 5.59. The molecule has 0 fully saturated rings. The topological polar surface area (TPSA) is 80.4 Å². The van der Waals surface area contributed by atoms with Gasteiger partial charge >= 0.3 is 0 Å². The lowest BCUT2D eigenvalue weighted by Crippen LogP contribution is -2.10. The summed E-state index contributed by atoms with van der Waals surface area (Å²) in [5, 5.41) is 0. The predicted octanol–water partition coefficient (Wildman–Crippen LogP) is 0.366. The van der Waals surface area contributed by atoms with Crippen LogP contribution in [0.4, 0.5) is 0 Å². The first kappa shape index (κ1) is 8.89. The van der Waals surface area contributed by atoms with E-state index < -0.39 is 17.0 Å². The van der Waals surface area contributed by atoms with Gasteiger partial charge in [0.2, 0.25) is 5.91 Å². The normalized spacial score (nSPS) is 12.4. The Bertz CT molecular complexity index is 287. The maximum Gasteiger partial charge on any atom is 0.248 e. The van der Waals surface area contributed by atoms with Crippen LogP contribution >= 0.6 is 0 Å². The van der Waals surface area contributed by atoms with Gasteiger partial charge in [-0.25, -0.2) is 4.21 Å². The smallest absolute Gasteiger partial charge is 0.248 e. The zero-order valence-electron chi connectivity index (χ0n) is 6.06. The number of hydrogen-bond donors (Lipinski definition) is 2. The molecule has 0 heterocycles. The van der Waals surface area contributed by atoms with Gasteiger partial charge in [0.1, 0.15) is 0 Å². The fraction of sp³-hybridized carbons (Fsp3) is 0. The number of amides is 1. The second-order valence-corrected chi connectivity index (χ2v) is 3.11. The third-order valence-electron chi connectivity index (χ3n) is 1.34. The quantitative estimate of drug-likeness (QED) is 0.653. The summed E-state index contributed by atoms with van der Waals surface area (Å²) in [4.78, 5) is 10.8. The van der Waals surface area contributed by atoms with Gasteiger partial charge in [-0.15, -0.1) is 0 Å². The highest BCUT2D eigenvalue weighted by Gasteiger charge is 2.01. The minimum absolute atomic E-state index is 0.250. The van der Waals surface area contributed by atoms with Crippen LogP contribution < -0.4 is 5.73 Å². The van der Waals surface area contributed by atoms with E-state index in [9.17, 15) is 9.00 Å². The van der Waals surface area contributed by atoms with Crippen molar-refractivity contribution in [2.75, 3.05) is 0 Å². The Morgan fingerprint density at radius 3 is 2.17 bits per heavy atom. The average Bonchev–Trinajstić information content (AvgIpc) is 2.04. The molecule has 0 aliphatic heterocycles. The second-order valence-electron chi connectivity index (χ2n) is 2.14. The van der Waals surface area contributed by atoms with Crippen LogP contribution in [0.15, 0.2) is 29.2 Å². The highest BCUT2D eigenvalue weighted by atomic mass is 32.2. The van der Waals surface area contributed by atoms with Crippen molar-refractivity contribution < 1.29 is 13.6 Å². The van der Waals surface area contributed by atoms with Crippen LogP contribution in [-0.4, -0.2) is 14.7 Å². The summed E-state index contributed by atoms with van der Waals surface area (Å²) in [5.74, 6) is -0.551. The molecule has 0 saturated heterocycles. The lowest BCUT2D eigenvalue weighted by molar-refractivity contribution is 0.1000. The molecular weight excluding hydrogens is 178 g/mol. The first-order chi connectivity index (χ1) is 5.61. The number of nitrogens with two attached hydrogens (primary N) is 1. The minimum Gasteiger partial charge on any atom is -0.366 e. The van der Waals surface area contributed by atoms with E-state index in [2.05, 4.69) is 0 Å². The molecule has 1 amide bonds. The molecule has 0 aliphatic carbocycles. The van der Waals surface area contributed by atoms with Gasteiger partial charge in [0.15, 0.2) is 11.1 Å².